The number of nitrogens with one attached hydrogen (secondary N) is 1. The lowest BCUT2D eigenvalue weighted by Crippen LogP contribution is -2.31. The SMILES string of the molecule is C=C(CC(C)(C)CCNCC(C(=C)CC(C)CCC)C(C)C)C(C)CN. The molecule has 0 saturated heterocycles. The lowest BCUT2D eigenvalue weighted by Gasteiger charge is -2.29. The van der Waals surface area contributed by atoms with E-state index in [2.05, 4.69) is 66.9 Å². The summed E-state index contributed by atoms with van der Waals surface area (Å²) in [6.07, 6.45) is 5.95. The second-order valence-corrected chi connectivity index (χ2v) is 9.70. The first-order valence-corrected chi connectivity index (χ1v) is 10.8. The minimum atomic E-state index is 0.271. The van der Waals surface area contributed by atoms with Crippen LogP contribution in [0.2, 0.25) is 0 Å². The third-order valence-corrected chi connectivity index (χ3v) is 5.82. The van der Waals surface area contributed by atoms with Crippen molar-refractivity contribution >= 4 is 0 Å². The molecule has 0 amide bonds. The highest BCUT2D eigenvalue weighted by atomic mass is 14.9. The largest absolute Gasteiger partial charge is 0.330 e. The fourth-order valence-electron chi connectivity index (χ4n) is 3.77. The van der Waals surface area contributed by atoms with Gasteiger partial charge in [-0.1, -0.05) is 85.6 Å². The van der Waals surface area contributed by atoms with Crippen molar-refractivity contribution in [2.24, 2.45) is 34.8 Å². The first-order valence-electron chi connectivity index (χ1n) is 10.8. The summed E-state index contributed by atoms with van der Waals surface area (Å²) in [4.78, 5) is 0. The van der Waals surface area contributed by atoms with Gasteiger partial charge < -0.3 is 11.1 Å². The monoisotopic (exact) mass is 364 g/mol. The average molecular weight is 365 g/mol. The van der Waals surface area contributed by atoms with E-state index in [9.17, 15) is 0 Å². The average Bonchev–Trinajstić information content (AvgIpc) is 2.52. The van der Waals surface area contributed by atoms with Crippen LogP contribution in [0.5, 0.6) is 0 Å². The molecule has 0 aliphatic rings. The third kappa shape index (κ3) is 10.5. The molecule has 3 unspecified atom stereocenters. The molecule has 0 aliphatic heterocycles. The fourth-order valence-corrected chi connectivity index (χ4v) is 3.77. The summed E-state index contributed by atoms with van der Waals surface area (Å²) in [5.74, 6) is 2.39. The molecule has 3 atom stereocenters. The van der Waals surface area contributed by atoms with Crippen LogP contribution in [0.15, 0.2) is 24.3 Å². The minimum Gasteiger partial charge on any atom is -0.330 e. The Morgan fingerprint density at radius 3 is 2.19 bits per heavy atom. The molecule has 0 aromatic heterocycles. The van der Waals surface area contributed by atoms with Gasteiger partial charge in [0, 0.05) is 6.54 Å². The zero-order valence-electron chi connectivity index (χ0n) is 19.0. The summed E-state index contributed by atoms with van der Waals surface area (Å²) < 4.78 is 0. The zero-order chi connectivity index (χ0) is 20.3. The van der Waals surface area contributed by atoms with Crippen molar-refractivity contribution in [3.8, 4) is 0 Å². The molecule has 2 nitrogen and oxygen atoms in total. The van der Waals surface area contributed by atoms with E-state index in [1.807, 2.05) is 0 Å². The lowest BCUT2D eigenvalue weighted by molar-refractivity contribution is 0.305. The normalized spacial score (nSPS) is 15.7. The predicted molar refractivity (Wildman–Crippen MR) is 119 cm³/mol. The second-order valence-electron chi connectivity index (χ2n) is 9.70. The third-order valence-electron chi connectivity index (χ3n) is 5.82. The smallest absolute Gasteiger partial charge is 0.00192 e. The first kappa shape index (κ1) is 25.4. The van der Waals surface area contributed by atoms with Gasteiger partial charge in [-0.05, 0) is 61.4 Å². The van der Waals surface area contributed by atoms with Crippen molar-refractivity contribution in [3.63, 3.8) is 0 Å². The Morgan fingerprint density at radius 2 is 1.69 bits per heavy atom. The fraction of sp³-hybridized carbons (Fsp3) is 0.833. The molecular formula is C24H48N2. The zero-order valence-corrected chi connectivity index (χ0v) is 19.0. The van der Waals surface area contributed by atoms with Crippen LogP contribution >= 0.6 is 0 Å². The van der Waals surface area contributed by atoms with Gasteiger partial charge in [0.05, 0.1) is 0 Å². The Balaban J connectivity index is 4.38. The van der Waals surface area contributed by atoms with Crippen LogP contribution in [0.25, 0.3) is 0 Å². The van der Waals surface area contributed by atoms with Crippen LogP contribution in [-0.2, 0) is 0 Å². The van der Waals surface area contributed by atoms with Gasteiger partial charge in [0.1, 0.15) is 0 Å². The Labute approximate surface area is 165 Å². The van der Waals surface area contributed by atoms with E-state index in [0.717, 1.165) is 31.8 Å². The van der Waals surface area contributed by atoms with E-state index in [4.69, 9.17) is 5.73 Å². The van der Waals surface area contributed by atoms with E-state index in [-0.39, 0.29) is 5.41 Å². The second kappa shape index (κ2) is 12.7. The molecule has 0 bridgehead atoms. The van der Waals surface area contributed by atoms with Gasteiger partial charge in [0.2, 0.25) is 0 Å². The quantitative estimate of drug-likeness (QED) is 0.269. The molecule has 0 aromatic rings. The topological polar surface area (TPSA) is 38.0 Å². The van der Waals surface area contributed by atoms with Crippen LogP contribution in [0.4, 0.5) is 0 Å². The van der Waals surface area contributed by atoms with E-state index < -0.39 is 0 Å². The molecular weight excluding hydrogens is 316 g/mol. The number of hydrogen-bond donors (Lipinski definition) is 2. The maximum Gasteiger partial charge on any atom is 0.00192 e. The summed E-state index contributed by atoms with van der Waals surface area (Å²) in [7, 11) is 0. The van der Waals surface area contributed by atoms with Gasteiger partial charge in [0.15, 0.2) is 0 Å². The number of nitrogens with two attached hydrogens (primary N) is 1. The van der Waals surface area contributed by atoms with Gasteiger partial charge in [0.25, 0.3) is 0 Å². The van der Waals surface area contributed by atoms with Gasteiger partial charge in [-0.25, -0.2) is 0 Å². The first-order chi connectivity index (χ1) is 12.0. The Bertz CT molecular complexity index is 408. The molecule has 26 heavy (non-hydrogen) atoms. The highest BCUT2D eigenvalue weighted by Gasteiger charge is 2.22. The van der Waals surface area contributed by atoms with Crippen molar-refractivity contribution in [1.82, 2.24) is 5.32 Å². The summed E-state index contributed by atoms with van der Waals surface area (Å²) in [6.45, 7) is 27.6. The van der Waals surface area contributed by atoms with Gasteiger partial charge in [-0.3, -0.25) is 0 Å². The van der Waals surface area contributed by atoms with E-state index in [0.29, 0.717) is 24.3 Å². The number of hydrogen-bond acceptors (Lipinski definition) is 2. The predicted octanol–water partition coefficient (Wildman–Crippen LogP) is 6.19. The van der Waals surface area contributed by atoms with E-state index in [1.165, 1.54) is 30.4 Å². The van der Waals surface area contributed by atoms with Crippen LogP contribution in [0, 0.1) is 29.1 Å². The van der Waals surface area contributed by atoms with Crippen LogP contribution in [0.3, 0.4) is 0 Å². The standard InChI is InChI=1S/C24H48N2/c1-10-11-19(4)14-20(5)23(18(2)3)17-26-13-12-24(8,9)15-21(6)22(7)16-25/h18-19,22-23,26H,5-6,10-17,25H2,1-4,7-9H3. The molecule has 0 aromatic carbocycles. The molecule has 2 heteroatoms. The minimum absolute atomic E-state index is 0.271. The summed E-state index contributed by atoms with van der Waals surface area (Å²) in [5, 5.41) is 3.71. The molecule has 3 N–H and O–H groups in total. The van der Waals surface area contributed by atoms with Crippen LogP contribution in [0.1, 0.15) is 80.6 Å². The Hall–Kier alpha value is -0.600. The molecule has 0 fully saturated rings. The molecule has 154 valence electrons. The molecule has 0 spiro atoms. The van der Waals surface area contributed by atoms with E-state index in [1.54, 1.807) is 0 Å². The van der Waals surface area contributed by atoms with Crippen LogP contribution < -0.4 is 11.1 Å². The molecule has 0 rings (SSSR count). The van der Waals surface area contributed by atoms with Gasteiger partial charge in [-0.2, -0.15) is 0 Å². The Kier molecular flexibility index (Phi) is 12.4. The maximum atomic E-state index is 5.78. The van der Waals surface area contributed by atoms with Gasteiger partial charge in [-0.15, -0.1) is 0 Å². The van der Waals surface area contributed by atoms with E-state index >= 15 is 0 Å². The van der Waals surface area contributed by atoms with Crippen molar-refractivity contribution in [1.29, 1.82) is 0 Å². The van der Waals surface area contributed by atoms with Crippen molar-refractivity contribution in [3.05, 3.63) is 24.3 Å². The van der Waals surface area contributed by atoms with Crippen molar-refractivity contribution < 1.29 is 0 Å². The van der Waals surface area contributed by atoms with Crippen molar-refractivity contribution in [2.45, 2.75) is 80.6 Å². The van der Waals surface area contributed by atoms with Crippen LogP contribution in [-0.4, -0.2) is 19.6 Å². The molecule has 0 radical (unpaired) electrons. The Morgan fingerprint density at radius 1 is 1.08 bits per heavy atom. The molecule has 0 heterocycles. The highest BCUT2D eigenvalue weighted by Crippen LogP contribution is 2.31. The van der Waals surface area contributed by atoms with Crippen molar-refractivity contribution in [2.75, 3.05) is 19.6 Å². The van der Waals surface area contributed by atoms with Gasteiger partial charge >= 0.3 is 0 Å². The summed E-state index contributed by atoms with van der Waals surface area (Å²) in [6, 6.07) is 0. The lowest BCUT2D eigenvalue weighted by atomic mass is 9.79. The highest BCUT2D eigenvalue weighted by molar-refractivity contribution is 5.04. The summed E-state index contributed by atoms with van der Waals surface area (Å²) >= 11 is 0. The number of rotatable bonds is 15. The molecule has 0 saturated carbocycles. The summed E-state index contributed by atoms with van der Waals surface area (Å²) in [5.41, 5.74) is 8.76. The molecule has 0 aliphatic carbocycles. The maximum absolute atomic E-state index is 5.78.